The molecule has 6 heteroatoms. The molecule has 0 saturated carbocycles. The number of nitrogens with zero attached hydrogens (tertiary/aromatic N) is 1. The van der Waals surface area contributed by atoms with Gasteiger partial charge in [0.05, 0.1) is 16.3 Å². The maximum atomic E-state index is 12.8. The van der Waals surface area contributed by atoms with Gasteiger partial charge in [-0.2, -0.15) is 0 Å². The number of benzene rings is 3. The third-order valence-electron chi connectivity index (χ3n) is 5.70. The van der Waals surface area contributed by atoms with Crippen molar-refractivity contribution in [1.29, 1.82) is 0 Å². The Morgan fingerprint density at radius 1 is 0.839 bits per heavy atom. The van der Waals surface area contributed by atoms with Crippen molar-refractivity contribution in [2.75, 3.05) is 23.1 Å². The van der Waals surface area contributed by atoms with Gasteiger partial charge in [-0.25, -0.2) is 8.42 Å². The van der Waals surface area contributed by atoms with E-state index in [9.17, 15) is 8.42 Å². The van der Waals surface area contributed by atoms with E-state index in [0.29, 0.717) is 11.7 Å². The van der Waals surface area contributed by atoms with Crippen LogP contribution in [0.2, 0.25) is 0 Å². The molecule has 0 aliphatic carbocycles. The van der Waals surface area contributed by atoms with Gasteiger partial charge in [-0.3, -0.25) is 9.62 Å². The molecular formula is C25H29N3O2S. The van der Waals surface area contributed by atoms with E-state index in [-0.39, 0.29) is 4.90 Å². The molecule has 0 amide bonds. The highest BCUT2D eigenvalue weighted by atomic mass is 32.2. The number of aryl methyl sites for hydroxylation is 1. The van der Waals surface area contributed by atoms with E-state index in [2.05, 4.69) is 39.2 Å². The average molecular weight is 436 g/mol. The topological polar surface area (TPSA) is 61.4 Å². The van der Waals surface area contributed by atoms with Crippen molar-refractivity contribution in [2.45, 2.75) is 37.2 Å². The number of sulfonamides is 1. The number of likely N-dealkylation sites (tertiary alicyclic amines) is 1. The van der Waals surface area contributed by atoms with Crippen LogP contribution in [0.25, 0.3) is 0 Å². The van der Waals surface area contributed by atoms with Gasteiger partial charge in [-0.15, -0.1) is 0 Å². The summed E-state index contributed by atoms with van der Waals surface area (Å²) in [6.07, 6.45) is 2.04. The number of rotatable bonds is 7. The van der Waals surface area contributed by atoms with E-state index in [0.717, 1.165) is 43.7 Å². The monoisotopic (exact) mass is 435 g/mol. The van der Waals surface area contributed by atoms with Crippen LogP contribution < -0.4 is 10.0 Å². The Balaban J connectivity index is 1.38. The minimum Gasteiger partial charge on any atom is -0.381 e. The lowest BCUT2D eigenvalue weighted by atomic mass is 10.0. The van der Waals surface area contributed by atoms with Crippen molar-refractivity contribution in [3.05, 3.63) is 90.0 Å². The van der Waals surface area contributed by atoms with Crippen LogP contribution in [0, 0.1) is 6.92 Å². The molecule has 1 fully saturated rings. The molecule has 0 aromatic heterocycles. The molecule has 0 radical (unpaired) electrons. The lowest BCUT2D eigenvalue weighted by Crippen LogP contribution is -2.38. The zero-order valence-corrected chi connectivity index (χ0v) is 18.6. The number of piperidine rings is 1. The molecule has 5 nitrogen and oxygen atoms in total. The first-order chi connectivity index (χ1) is 15.0. The van der Waals surface area contributed by atoms with Gasteiger partial charge < -0.3 is 5.32 Å². The molecule has 31 heavy (non-hydrogen) atoms. The van der Waals surface area contributed by atoms with Gasteiger partial charge in [0.2, 0.25) is 0 Å². The maximum absolute atomic E-state index is 12.8. The number of hydrogen-bond acceptors (Lipinski definition) is 4. The van der Waals surface area contributed by atoms with Gasteiger partial charge in [0.25, 0.3) is 10.0 Å². The fourth-order valence-corrected chi connectivity index (χ4v) is 5.00. The summed E-state index contributed by atoms with van der Waals surface area (Å²) in [6, 6.07) is 25.3. The summed E-state index contributed by atoms with van der Waals surface area (Å²) in [5.74, 6) is 0. The van der Waals surface area contributed by atoms with Crippen LogP contribution in [0.4, 0.5) is 11.4 Å². The Morgan fingerprint density at radius 2 is 1.45 bits per heavy atom. The molecule has 3 aromatic carbocycles. The largest absolute Gasteiger partial charge is 0.381 e. The minimum atomic E-state index is -3.64. The van der Waals surface area contributed by atoms with E-state index in [1.165, 1.54) is 5.56 Å². The predicted molar refractivity (Wildman–Crippen MR) is 127 cm³/mol. The summed E-state index contributed by atoms with van der Waals surface area (Å²) in [5.41, 5.74) is 3.76. The molecular weight excluding hydrogens is 406 g/mol. The van der Waals surface area contributed by atoms with E-state index in [1.54, 1.807) is 18.2 Å². The second-order valence-corrected chi connectivity index (χ2v) is 9.83. The second-order valence-electron chi connectivity index (χ2n) is 8.14. The SMILES string of the molecule is Cc1ccc(S(=O)(=O)Nc2ccccc2NC2CCN(Cc3ccccc3)CC2)cc1. The number of para-hydroxylation sites is 2. The van der Waals surface area contributed by atoms with Crippen molar-refractivity contribution >= 4 is 21.4 Å². The van der Waals surface area contributed by atoms with Crippen molar-refractivity contribution in [3.63, 3.8) is 0 Å². The lowest BCUT2D eigenvalue weighted by molar-refractivity contribution is 0.211. The van der Waals surface area contributed by atoms with Gasteiger partial charge in [0.1, 0.15) is 0 Å². The number of hydrogen-bond donors (Lipinski definition) is 2. The van der Waals surface area contributed by atoms with E-state index in [1.807, 2.05) is 43.3 Å². The molecule has 3 aromatic rings. The smallest absolute Gasteiger partial charge is 0.261 e. The third-order valence-corrected chi connectivity index (χ3v) is 7.08. The summed E-state index contributed by atoms with van der Waals surface area (Å²) < 4.78 is 28.4. The number of nitrogens with one attached hydrogen (secondary N) is 2. The summed E-state index contributed by atoms with van der Waals surface area (Å²) >= 11 is 0. The second kappa shape index (κ2) is 9.54. The van der Waals surface area contributed by atoms with Crippen molar-refractivity contribution in [2.24, 2.45) is 0 Å². The zero-order chi connectivity index (χ0) is 21.7. The lowest BCUT2D eigenvalue weighted by Gasteiger charge is -2.33. The van der Waals surface area contributed by atoms with Crippen LogP contribution in [0.3, 0.4) is 0 Å². The average Bonchev–Trinajstić information content (AvgIpc) is 2.77. The highest BCUT2D eigenvalue weighted by molar-refractivity contribution is 7.92. The van der Waals surface area contributed by atoms with Crippen LogP contribution in [0.5, 0.6) is 0 Å². The molecule has 0 atom stereocenters. The number of anilines is 2. The fraction of sp³-hybridized carbons (Fsp3) is 0.280. The summed E-state index contributed by atoms with van der Waals surface area (Å²) in [5, 5.41) is 3.56. The van der Waals surface area contributed by atoms with Gasteiger partial charge >= 0.3 is 0 Å². The third kappa shape index (κ3) is 5.66. The Bertz CT molecular complexity index is 1090. The van der Waals surface area contributed by atoms with Gasteiger partial charge in [0.15, 0.2) is 0 Å². The highest BCUT2D eigenvalue weighted by Gasteiger charge is 2.21. The summed E-state index contributed by atoms with van der Waals surface area (Å²) in [4.78, 5) is 2.74. The van der Waals surface area contributed by atoms with Crippen LogP contribution in [-0.4, -0.2) is 32.4 Å². The molecule has 162 valence electrons. The zero-order valence-electron chi connectivity index (χ0n) is 17.8. The molecule has 2 N–H and O–H groups in total. The summed E-state index contributed by atoms with van der Waals surface area (Å²) in [6.45, 7) is 4.95. The van der Waals surface area contributed by atoms with E-state index in [4.69, 9.17) is 0 Å². The Kier molecular flexibility index (Phi) is 6.59. The van der Waals surface area contributed by atoms with Gasteiger partial charge in [-0.05, 0) is 49.6 Å². The molecule has 0 bridgehead atoms. The quantitative estimate of drug-likeness (QED) is 0.556. The normalized spacial score (nSPS) is 15.5. The maximum Gasteiger partial charge on any atom is 0.261 e. The molecule has 0 unspecified atom stereocenters. The Morgan fingerprint density at radius 3 is 2.13 bits per heavy atom. The standard InChI is InChI=1S/C25H29N3O2S/c1-20-11-13-23(14-12-20)31(29,30)27-25-10-6-5-9-24(25)26-22-15-17-28(18-16-22)19-21-7-3-2-4-8-21/h2-14,22,26-27H,15-19H2,1H3. The first-order valence-electron chi connectivity index (χ1n) is 10.7. The Hall–Kier alpha value is -2.83. The predicted octanol–water partition coefficient (Wildman–Crippen LogP) is 4.87. The van der Waals surface area contributed by atoms with Gasteiger partial charge in [0, 0.05) is 25.7 Å². The minimum absolute atomic E-state index is 0.266. The first-order valence-corrected chi connectivity index (χ1v) is 12.2. The Labute approximate surface area is 185 Å². The van der Waals surface area contributed by atoms with Crippen molar-refractivity contribution in [3.8, 4) is 0 Å². The highest BCUT2D eigenvalue weighted by Crippen LogP contribution is 2.27. The van der Waals surface area contributed by atoms with Crippen LogP contribution in [0.1, 0.15) is 24.0 Å². The van der Waals surface area contributed by atoms with Gasteiger partial charge in [-0.1, -0.05) is 60.2 Å². The molecule has 1 aliphatic heterocycles. The molecule has 1 heterocycles. The van der Waals surface area contributed by atoms with Crippen LogP contribution >= 0.6 is 0 Å². The van der Waals surface area contributed by atoms with E-state index < -0.39 is 10.0 Å². The summed E-state index contributed by atoms with van der Waals surface area (Å²) in [7, 11) is -3.64. The molecule has 1 saturated heterocycles. The van der Waals surface area contributed by atoms with E-state index >= 15 is 0 Å². The van der Waals surface area contributed by atoms with Crippen LogP contribution in [-0.2, 0) is 16.6 Å². The first kappa shape index (κ1) is 21.4. The van der Waals surface area contributed by atoms with Crippen LogP contribution in [0.15, 0.2) is 83.8 Å². The molecule has 0 spiro atoms. The van der Waals surface area contributed by atoms with Crippen molar-refractivity contribution in [1.82, 2.24) is 4.90 Å². The fourth-order valence-electron chi connectivity index (χ4n) is 3.92. The molecule has 4 rings (SSSR count). The van der Waals surface area contributed by atoms with Crippen molar-refractivity contribution < 1.29 is 8.42 Å². The molecule has 1 aliphatic rings.